The summed E-state index contributed by atoms with van der Waals surface area (Å²) in [6.45, 7) is 0. The third-order valence-corrected chi connectivity index (χ3v) is 3.65. The molecule has 1 amide bonds. The Morgan fingerprint density at radius 3 is 2.62 bits per heavy atom. The van der Waals surface area contributed by atoms with Crippen LogP contribution in [-0.4, -0.2) is 11.6 Å². The van der Waals surface area contributed by atoms with Crippen molar-refractivity contribution >= 4 is 17.3 Å². The lowest BCUT2D eigenvalue weighted by atomic mass is 9.90. The number of anilines is 1. The number of rotatable bonds is 2. The second-order valence-electron chi connectivity index (χ2n) is 5.13. The van der Waals surface area contributed by atoms with Crippen LogP contribution >= 0.6 is 0 Å². The zero-order valence-electron chi connectivity index (χ0n) is 11.7. The summed E-state index contributed by atoms with van der Waals surface area (Å²) >= 11 is 0. The predicted molar refractivity (Wildman–Crippen MR) is 84.2 cm³/mol. The summed E-state index contributed by atoms with van der Waals surface area (Å²) in [5.41, 5.74) is 12.8. The Labute approximate surface area is 123 Å². The summed E-state index contributed by atoms with van der Waals surface area (Å²) in [5.74, 6) is -0.217. The lowest BCUT2D eigenvalue weighted by molar-refractivity contribution is 0.0955. The SMILES string of the molecule is Nc1ccc(C(=O)N/N=C2/CCCc3ccccc32)cc1. The number of hydrazone groups is 1. The van der Waals surface area contributed by atoms with E-state index in [9.17, 15) is 4.79 Å². The van der Waals surface area contributed by atoms with Crippen molar-refractivity contribution in [3.63, 3.8) is 0 Å². The number of carbonyl (C=O) groups excluding carboxylic acids is 1. The number of hydrogen-bond acceptors (Lipinski definition) is 3. The molecule has 0 saturated carbocycles. The minimum Gasteiger partial charge on any atom is -0.399 e. The second-order valence-corrected chi connectivity index (χ2v) is 5.13. The Morgan fingerprint density at radius 1 is 1.05 bits per heavy atom. The van der Waals surface area contributed by atoms with Crippen LogP contribution in [0.25, 0.3) is 0 Å². The highest BCUT2D eigenvalue weighted by Crippen LogP contribution is 2.21. The van der Waals surface area contributed by atoms with Gasteiger partial charge < -0.3 is 5.73 Å². The quantitative estimate of drug-likeness (QED) is 0.655. The van der Waals surface area contributed by atoms with E-state index < -0.39 is 0 Å². The minimum atomic E-state index is -0.217. The summed E-state index contributed by atoms with van der Waals surface area (Å²) in [4.78, 5) is 12.1. The molecule has 4 heteroatoms. The Bertz CT molecular complexity index is 689. The van der Waals surface area contributed by atoms with Gasteiger partial charge in [0, 0.05) is 16.8 Å². The third-order valence-electron chi connectivity index (χ3n) is 3.65. The Balaban J connectivity index is 1.78. The van der Waals surface area contributed by atoms with Gasteiger partial charge in [-0.05, 0) is 49.1 Å². The molecule has 0 spiro atoms. The van der Waals surface area contributed by atoms with E-state index in [1.54, 1.807) is 24.3 Å². The van der Waals surface area contributed by atoms with Crippen LogP contribution in [0.5, 0.6) is 0 Å². The van der Waals surface area contributed by atoms with Gasteiger partial charge in [-0.3, -0.25) is 4.79 Å². The monoisotopic (exact) mass is 279 g/mol. The maximum absolute atomic E-state index is 12.1. The van der Waals surface area contributed by atoms with E-state index in [2.05, 4.69) is 22.7 Å². The zero-order chi connectivity index (χ0) is 14.7. The fourth-order valence-corrected chi connectivity index (χ4v) is 2.53. The molecule has 0 saturated heterocycles. The number of nitrogens with zero attached hydrogens (tertiary/aromatic N) is 1. The van der Waals surface area contributed by atoms with Crippen molar-refractivity contribution in [2.45, 2.75) is 19.3 Å². The summed E-state index contributed by atoms with van der Waals surface area (Å²) in [6, 6.07) is 15.0. The lowest BCUT2D eigenvalue weighted by Gasteiger charge is -2.17. The molecule has 106 valence electrons. The van der Waals surface area contributed by atoms with Crippen LogP contribution in [0.3, 0.4) is 0 Å². The molecule has 1 aliphatic carbocycles. The van der Waals surface area contributed by atoms with E-state index >= 15 is 0 Å². The molecule has 0 atom stereocenters. The van der Waals surface area contributed by atoms with Gasteiger partial charge in [0.1, 0.15) is 0 Å². The highest BCUT2D eigenvalue weighted by molar-refractivity contribution is 6.04. The fraction of sp³-hybridized carbons (Fsp3) is 0.176. The van der Waals surface area contributed by atoms with E-state index in [-0.39, 0.29) is 5.91 Å². The largest absolute Gasteiger partial charge is 0.399 e. The van der Waals surface area contributed by atoms with E-state index in [0.717, 1.165) is 30.5 Å². The molecule has 1 aliphatic rings. The molecule has 21 heavy (non-hydrogen) atoms. The van der Waals surface area contributed by atoms with Crippen LogP contribution < -0.4 is 11.2 Å². The van der Waals surface area contributed by atoms with Crippen molar-refractivity contribution in [1.82, 2.24) is 5.43 Å². The highest BCUT2D eigenvalue weighted by atomic mass is 16.2. The lowest BCUT2D eigenvalue weighted by Crippen LogP contribution is -2.22. The van der Waals surface area contributed by atoms with Crippen LogP contribution in [0, 0.1) is 0 Å². The standard InChI is InChI=1S/C17H17N3O/c18-14-10-8-13(9-11-14)17(21)20-19-16-7-3-5-12-4-1-2-6-15(12)16/h1-2,4,6,8-11H,3,5,7,18H2,(H,20,21)/b19-16-. The second kappa shape index (κ2) is 5.79. The average molecular weight is 279 g/mol. The summed E-state index contributed by atoms with van der Waals surface area (Å²) < 4.78 is 0. The van der Waals surface area contributed by atoms with Crippen LogP contribution in [0.1, 0.15) is 34.3 Å². The molecule has 4 nitrogen and oxygen atoms in total. The van der Waals surface area contributed by atoms with Crippen LogP contribution in [0.15, 0.2) is 53.6 Å². The molecule has 0 radical (unpaired) electrons. The van der Waals surface area contributed by atoms with Gasteiger partial charge >= 0.3 is 0 Å². The summed E-state index contributed by atoms with van der Waals surface area (Å²) in [5, 5.41) is 4.31. The van der Waals surface area contributed by atoms with Crippen molar-refractivity contribution in [1.29, 1.82) is 0 Å². The number of nitrogens with one attached hydrogen (secondary N) is 1. The minimum absolute atomic E-state index is 0.217. The van der Waals surface area contributed by atoms with E-state index in [1.807, 2.05) is 12.1 Å². The van der Waals surface area contributed by atoms with Gasteiger partial charge in [0.25, 0.3) is 5.91 Å². The van der Waals surface area contributed by atoms with Crippen molar-refractivity contribution in [3.8, 4) is 0 Å². The Kier molecular flexibility index (Phi) is 3.69. The molecule has 0 aromatic heterocycles. The van der Waals surface area contributed by atoms with Gasteiger partial charge in [0.15, 0.2) is 0 Å². The average Bonchev–Trinajstić information content (AvgIpc) is 2.53. The number of carbonyl (C=O) groups is 1. The number of aryl methyl sites for hydroxylation is 1. The molecule has 3 N–H and O–H groups in total. The van der Waals surface area contributed by atoms with Gasteiger partial charge in [-0.15, -0.1) is 0 Å². The van der Waals surface area contributed by atoms with Crippen molar-refractivity contribution in [3.05, 3.63) is 65.2 Å². The van der Waals surface area contributed by atoms with Crippen molar-refractivity contribution in [2.75, 3.05) is 5.73 Å². The molecule has 2 aromatic carbocycles. The number of amides is 1. The van der Waals surface area contributed by atoms with E-state index in [0.29, 0.717) is 11.3 Å². The van der Waals surface area contributed by atoms with Gasteiger partial charge in [-0.1, -0.05) is 24.3 Å². The van der Waals surface area contributed by atoms with E-state index in [4.69, 9.17) is 5.73 Å². The summed E-state index contributed by atoms with van der Waals surface area (Å²) in [7, 11) is 0. The number of fused-ring (bicyclic) bond motifs is 1. The molecule has 0 bridgehead atoms. The number of hydrogen-bond donors (Lipinski definition) is 2. The fourth-order valence-electron chi connectivity index (χ4n) is 2.53. The molecular weight excluding hydrogens is 262 g/mol. The molecule has 3 rings (SSSR count). The summed E-state index contributed by atoms with van der Waals surface area (Å²) in [6.07, 6.45) is 3.02. The highest BCUT2D eigenvalue weighted by Gasteiger charge is 2.15. The van der Waals surface area contributed by atoms with Crippen molar-refractivity contribution in [2.24, 2.45) is 5.10 Å². The van der Waals surface area contributed by atoms with E-state index in [1.165, 1.54) is 5.56 Å². The third kappa shape index (κ3) is 2.94. The van der Waals surface area contributed by atoms with Crippen molar-refractivity contribution < 1.29 is 4.79 Å². The smallest absolute Gasteiger partial charge is 0.271 e. The zero-order valence-corrected chi connectivity index (χ0v) is 11.7. The molecule has 0 unspecified atom stereocenters. The molecule has 0 heterocycles. The first-order chi connectivity index (χ1) is 10.2. The predicted octanol–water partition coefficient (Wildman–Crippen LogP) is 2.74. The first-order valence-corrected chi connectivity index (χ1v) is 7.05. The first-order valence-electron chi connectivity index (χ1n) is 7.05. The molecule has 0 fully saturated rings. The molecule has 2 aromatic rings. The maximum atomic E-state index is 12.1. The molecular formula is C17H17N3O. The van der Waals surface area contributed by atoms with Gasteiger partial charge in [0.2, 0.25) is 0 Å². The topological polar surface area (TPSA) is 67.5 Å². The first kappa shape index (κ1) is 13.4. The van der Waals surface area contributed by atoms with Crippen LogP contribution in [-0.2, 0) is 6.42 Å². The maximum Gasteiger partial charge on any atom is 0.271 e. The number of benzene rings is 2. The Morgan fingerprint density at radius 2 is 1.81 bits per heavy atom. The van der Waals surface area contributed by atoms with Gasteiger partial charge in [0.05, 0.1) is 5.71 Å². The normalized spacial score (nSPS) is 15.5. The van der Waals surface area contributed by atoms with Gasteiger partial charge in [-0.2, -0.15) is 5.10 Å². The number of nitrogen functional groups attached to an aromatic ring is 1. The Hall–Kier alpha value is -2.62. The van der Waals surface area contributed by atoms with Crippen LogP contribution in [0.4, 0.5) is 5.69 Å². The molecule has 0 aliphatic heterocycles. The van der Waals surface area contributed by atoms with Gasteiger partial charge in [-0.25, -0.2) is 5.43 Å². The number of nitrogens with two attached hydrogens (primary N) is 1. The van der Waals surface area contributed by atoms with Crippen LogP contribution in [0.2, 0.25) is 0 Å².